The number of aliphatic hydroxyl groups excluding tert-OH is 1. The van der Waals surface area contributed by atoms with Crippen molar-refractivity contribution >= 4 is 0 Å². The van der Waals surface area contributed by atoms with Gasteiger partial charge in [-0.3, -0.25) is 0 Å². The zero-order valence-electron chi connectivity index (χ0n) is 8.42. The molecule has 0 atom stereocenters. The molecular weight excluding hydrogens is 221 g/mol. The Kier molecular flexibility index (Phi) is 2.58. The molecule has 0 unspecified atom stereocenters. The van der Waals surface area contributed by atoms with Gasteiger partial charge in [0.25, 0.3) is 0 Å². The number of hydrogen-bond donors (Lipinski definition) is 1. The Morgan fingerprint density at radius 1 is 1.19 bits per heavy atom. The van der Waals surface area contributed by atoms with Crippen LogP contribution in [0.25, 0.3) is 0 Å². The van der Waals surface area contributed by atoms with Gasteiger partial charge in [0.15, 0.2) is 0 Å². The first-order chi connectivity index (χ1) is 7.45. The summed E-state index contributed by atoms with van der Waals surface area (Å²) in [6, 6.07) is 5.70. The van der Waals surface area contributed by atoms with Gasteiger partial charge >= 0.3 is 6.36 Å². The van der Waals surface area contributed by atoms with E-state index in [1.165, 1.54) is 12.1 Å². The van der Waals surface area contributed by atoms with Crippen LogP contribution >= 0.6 is 0 Å². The SMILES string of the molecule is OCC1(c2ccc(OC(F)(F)F)cc2)CC1. The molecule has 1 aliphatic rings. The summed E-state index contributed by atoms with van der Waals surface area (Å²) in [5, 5.41) is 9.15. The molecule has 0 spiro atoms. The minimum atomic E-state index is -4.66. The van der Waals surface area contributed by atoms with Crippen LogP contribution in [0.15, 0.2) is 24.3 Å². The van der Waals surface area contributed by atoms with Crippen LogP contribution in [-0.2, 0) is 5.41 Å². The molecule has 5 heteroatoms. The Bertz CT molecular complexity index is 366. The predicted octanol–water partition coefficient (Wildman–Crippen LogP) is 2.61. The maximum absolute atomic E-state index is 11.9. The minimum absolute atomic E-state index is 0.0342. The van der Waals surface area contributed by atoms with Gasteiger partial charge in [-0.15, -0.1) is 13.2 Å². The highest BCUT2D eigenvalue weighted by atomic mass is 19.4. The summed E-state index contributed by atoms with van der Waals surface area (Å²) in [6.07, 6.45) is -2.90. The number of aliphatic hydroxyl groups is 1. The molecular formula is C11H11F3O2. The third-order valence-electron chi connectivity index (χ3n) is 2.86. The van der Waals surface area contributed by atoms with Crippen LogP contribution in [0, 0.1) is 0 Å². The van der Waals surface area contributed by atoms with Crippen LogP contribution in [0.1, 0.15) is 18.4 Å². The summed E-state index contributed by atoms with van der Waals surface area (Å²) in [4.78, 5) is 0. The molecule has 88 valence electrons. The lowest BCUT2D eigenvalue weighted by atomic mass is 9.97. The van der Waals surface area contributed by atoms with Crippen molar-refractivity contribution in [1.29, 1.82) is 0 Å². The molecule has 1 aliphatic carbocycles. The minimum Gasteiger partial charge on any atom is -0.406 e. The van der Waals surface area contributed by atoms with Gasteiger partial charge in [-0.05, 0) is 30.5 Å². The molecule has 1 aromatic carbocycles. The van der Waals surface area contributed by atoms with Crippen molar-refractivity contribution in [2.75, 3.05) is 6.61 Å². The van der Waals surface area contributed by atoms with E-state index in [0.717, 1.165) is 18.4 Å². The Balaban J connectivity index is 2.11. The zero-order valence-corrected chi connectivity index (χ0v) is 8.42. The summed E-state index contributed by atoms with van der Waals surface area (Å²) in [6.45, 7) is 0.0342. The van der Waals surface area contributed by atoms with E-state index in [2.05, 4.69) is 4.74 Å². The number of rotatable bonds is 3. The first-order valence-electron chi connectivity index (χ1n) is 4.92. The van der Waals surface area contributed by atoms with Crippen molar-refractivity contribution in [3.8, 4) is 5.75 Å². The number of ether oxygens (including phenoxy) is 1. The number of hydrogen-bond acceptors (Lipinski definition) is 2. The second kappa shape index (κ2) is 3.66. The van der Waals surface area contributed by atoms with E-state index in [-0.39, 0.29) is 17.8 Å². The second-order valence-electron chi connectivity index (χ2n) is 4.01. The van der Waals surface area contributed by atoms with Gasteiger partial charge in [0.1, 0.15) is 5.75 Å². The highest BCUT2D eigenvalue weighted by Gasteiger charge is 2.43. The molecule has 2 rings (SSSR count). The van der Waals surface area contributed by atoms with Gasteiger partial charge in [0, 0.05) is 5.41 Å². The maximum Gasteiger partial charge on any atom is 0.573 e. The Labute approximate surface area is 90.7 Å². The van der Waals surface area contributed by atoms with Gasteiger partial charge < -0.3 is 9.84 Å². The van der Waals surface area contributed by atoms with Crippen molar-refractivity contribution in [2.45, 2.75) is 24.6 Å². The molecule has 0 heterocycles. The fraction of sp³-hybridized carbons (Fsp3) is 0.455. The monoisotopic (exact) mass is 232 g/mol. The van der Waals surface area contributed by atoms with E-state index in [4.69, 9.17) is 5.11 Å². The van der Waals surface area contributed by atoms with E-state index >= 15 is 0 Å². The van der Waals surface area contributed by atoms with E-state index in [1.807, 2.05) is 0 Å². The fourth-order valence-corrected chi connectivity index (χ4v) is 1.70. The lowest BCUT2D eigenvalue weighted by Crippen LogP contribution is -2.17. The van der Waals surface area contributed by atoms with E-state index < -0.39 is 6.36 Å². The average Bonchev–Trinajstić information content (AvgIpc) is 2.97. The molecule has 0 radical (unpaired) electrons. The van der Waals surface area contributed by atoms with Crippen molar-refractivity contribution in [3.63, 3.8) is 0 Å². The van der Waals surface area contributed by atoms with Gasteiger partial charge in [-0.1, -0.05) is 12.1 Å². The predicted molar refractivity (Wildman–Crippen MR) is 51.1 cm³/mol. The highest BCUT2D eigenvalue weighted by Crippen LogP contribution is 2.47. The van der Waals surface area contributed by atoms with Crippen LogP contribution in [-0.4, -0.2) is 18.1 Å². The number of benzene rings is 1. The standard InChI is InChI=1S/C11H11F3O2/c12-11(13,14)16-9-3-1-8(2-4-9)10(7-15)5-6-10/h1-4,15H,5-7H2. The van der Waals surface area contributed by atoms with Crippen LogP contribution in [0.4, 0.5) is 13.2 Å². The van der Waals surface area contributed by atoms with Crippen LogP contribution in [0.3, 0.4) is 0 Å². The quantitative estimate of drug-likeness (QED) is 0.868. The summed E-state index contributed by atoms with van der Waals surface area (Å²) in [5.41, 5.74) is 0.640. The molecule has 1 saturated carbocycles. The summed E-state index contributed by atoms with van der Waals surface area (Å²) in [5.74, 6) is -0.231. The van der Waals surface area contributed by atoms with Crippen LogP contribution < -0.4 is 4.74 Å². The molecule has 0 saturated heterocycles. The lowest BCUT2D eigenvalue weighted by molar-refractivity contribution is -0.274. The summed E-state index contributed by atoms with van der Waals surface area (Å²) >= 11 is 0. The number of halogens is 3. The maximum atomic E-state index is 11.9. The molecule has 1 fully saturated rings. The second-order valence-corrected chi connectivity index (χ2v) is 4.01. The fourth-order valence-electron chi connectivity index (χ4n) is 1.70. The average molecular weight is 232 g/mol. The third kappa shape index (κ3) is 2.29. The lowest BCUT2D eigenvalue weighted by Gasteiger charge is -2.13. The van der Waals surface area contributed by atoms with Crippen molar-refractivity contribution in [3.05, 3.63) is 29.8 Å². The zero-order chi connectivity index (χ0) is 11.8. The van der Waals surface area contributed by atoms with Crippen LogP contribution in [0.2, 0.25) is 0 Å². The Morgan fingerprint density at radius 2 is 1.75 bits per heavy atom. The highest BCUT2D eigenvalue weighted by molar-refractivity contribution is 5.36. The molecule has 1 aromatic rings. The first-order valence-corrected chi connectivity index (χ1v) is 4.92. The largest absolute Gasteiger partial charge is 0.573 e. The molecule has 1 N–H and O–H groups in total. The van der Waals surface area contributed by atoms with Gasteiger partial charge in [-0.25, -0.2) is 0 Å². The summed E-state index contributed by atoms with van der Waals surface area (Å²) < 4.78 is 39.4. The van der Waals surface area contributed by atoms with E-state index in [9.17, 15) is 13.2 Å². The molecule has 0 aliphatic heterocycles. The first kappa shape index (κ1) is 11.3. The topological polar surface area (TPSA) is 29.5 Å². The van der Waals surface area contributed by atoms with Crippen molar-refractivity contribution < 1.29 is 23.0 Å². The van der Waals surface area contributed by atoms with Gasteiger partial charge in [0.05, 0.1) is 6.61 Å². The Hall–Kier alpha value is -1.23. The third-order valence-corrected chi connectivity index (χ3v) is 2.86. The van der Waals surface area contributed by atoms with Crippen molar-refractivity contribution in [1.82, 2.24) is 0 Å². The molecule has 16 heavy (non-hydrogen) atoms. The van der Waals surface area contributed by atoms with Crippen molar-refractivity contribution in [2.24, 2.45) is 0 Å². The normalized spacial score (nSPS) is 18.2. The molecule has 0 bridgehead atoms. The number of alkyl halides is 3. The smallest absolute Gasteiger partial charge is 0.406 e. The van der Waals surface area contributed by atoms with E-state index in [0.29, 0.717) is 0 Å². The van der Waals surface area contributed by atoms with Gasteiger partial charge in [0.2, 0.25) is 0 Å². The van der Waals surface area contributed by atoms with E-state index in [1.54, 1.807) is 12.1 Å². The molecule has 0 amide bonds. The van der Waals surface area contributed by atoms with Gasteiger partial charge in [-0.2, -0.15) is 0 Å². The molecule has 2 nitrogen and oxygen atoms in total. The summed E-state index contributed by atoms with van der Waals surface area (Å²) in [7, 11) is 0. The Morgan fingerprint density at radius 3 is 2.12 bits per heavy atom. The van der Waals surface area contributed by atoms with Crippen LogP contribution in [0.5, 0.6) is 5.75 Å². The molecule has 0 aromatic heterocycles.